The molecule has 2 aromatic rings. The first kappa shape index (κ1) is 19.8. The predicted octanol–water partition coefficient (Wildman–Crippen LogP) is 2.32. The minimum Gasteiger partial charge on any atom is -0.452 e. The number of esters is 1. The lowest BCUT2D eigenvalue weighted by Gasteiger charge is -2.27. The summed E-state index contributed by atoms with van der Waals surface area (Å²) in [5.41, 5.74) is 0.802. The average Bonchev–Trinajstić information content (AvgIpc) is 3.04. The lowest BCUT2D eigenvalue weighted by atomic mass is 10.1. The average molecular weight is 403 g/mol. The standard InChI is InChI=1S/C20H18FNO5S/c21-17-8-4-7-16(11-17)20(24)27-13-19(23)22(12-15-5-2-1-3-6-15)18-9-10-28(25,26)14-18/h1-11,18H,12-14H2/t18-/m1/s1. The van der Waals surface area contributed by atoms with E-state index in [2.05, 4.69) is 0 Å². The second-order valence-corrected chi connectivity index (χ2v) is 8.25. The number of carbonyl (C=O) groups is 2. The number of amides is 1. The van der Waals surface area contributed by atoms with E-state index in [0.29, 0.717) is 0 Å². The van der Waals surface area contributed by atoms with Crippen LogP contribution in [-0.4, -0.2) is 43.6 Å². The van der Waals surface area contributed by atoms with E-state index >= 15 is 0 Å². The summed E-state index contributed by atoms with van der Waals surface area (Å²) >= 11 is 0. The van der Waals surface area contributed by atoms with Crippen LogP contribution in [0.3, 0.4) is 0 Å². The summed E-state index contributed by atoms with van der Waals surface area (Å²) < 4.78 is 41.7. The summed E-state index contributed by atoms with van der Waals surface area (Å²) in [6, 6.07) is 13.4. The molecule has 0 N–H and O–H groups in total. The van der Waals surface area contributed by atoms with Gasteiger partial charge in [0, 0.05) is 12.0 Å². The van der Waals surface area contributed by atoms with Gasteiger partial charge in [-0.1, -0.05) is 36.4 Å². The molecule has 0 aliphatic carbocycles. The van der Waals surface area contributed by atoms with Gasteiger partial charge in [-0.3, -0.25) is 4.79 Å². The van der Waals surface area contributed by atoms with E-state index in [1.807, 2.05) is 30.3 Å². The number of rotatable bonds is 6. The molecule has 0 saturated carbocycles. The van der Waals surface area contributed by atoms with E-state index in [4.69, 9.17) is 4.74 Å². The van der Waals surface area contributed by atoms with Crippen molar-refractivity contribution in [3.63, 3.8) is 0 Å². The molecule has 0 bridgehead atoms. The molecule has 0 unspecified atom stereocenters. The van der Waals surface area contributed by atoms with Gasteiger partial charge in [0.25, 0.3) is 5.91 Å². The maximum atomic E-state index is 13.2. The lowest BCUT2D eigenvalue weighted by molar-refractivity contribution is -0.136. The Kier molecular flexibility index (Phi) is 5.89. The maximum Gasteiger partial charge on any atom is 0.338 e. The highest BCUT2D eigenvalue weighted by Crippen LogP contribution is 2.18. The molecule has 146 valence electrons. The third kappa shape index (κ3) is 5.04. The molecular formula is C20H18FNO5S. The second kappa shape index (κ2) is 8.35. The van der Waals surface area contributed by atoms with Crippen LogP contribution in [0, 0.1) is 5.82 Å². The quantitative estimate of drug-likeness (QED) is 0.692. The van der Waals surface area contributed by atoms with Crippen LogP contribution in [0.25, 0.3) is 0 Å². The van der Waals surface area contributed by atoms with Crippen molar-refractivity contribution in [2.45, 2.75) is 12.6 Å². The van der Waals surface area contributed by atoms with Gasteiger partial charge in [0.15, 0.2) is 16.4 Å². The van der Waals surface area contributed by atoms with Crippen molar-refractivity contribution in [2.24, 2.45) is 0 Å². The number of ether oxygens (including phenoxy) is 1. The van der Waals surface area contributed by atoms with Crippen LogP contribution in [0.4, 0.5) is 4.39 Å². The van der Waals surface area contributed by atoms with E-state index in [0.717, 1.165) is 17.0 Å². The van der Waals surface area contributed by atoms with Crippen molar-refractivity contribution in [2.75, 3.05) is 12.4 Å². The molecule has 3 rings (SSSR count). The van der Waals surface area contributed by atoms with Crippen LogP contribution in [-0.2, 0) is 25.9 Å². The monoisotopic (exact) mass is 403 g/mol. The first-order valence-electron chi connectivity index (χ1n) is 8.51. The fourth-order valence-electron chi connectivity index (χ4n) is 2.83. The summed E-state index contributed by atoms with van der Waals surface area (Å²) in [6.45, 7) is -0.408. The number of nitrogens with zero attached hydrogens (tertiary/aromatic N) is 1. The van der Waals surface area contributed by atoms with Gasteiger partial charge in [0.05, 0.1) is 17.4 Å². The number of carbonyl (C=O) groups excluding carboxylic acids is 2. The summed E-state index contributed by atoms with van der Waals surface area (Å²) in [5, 5.41) is 1.09. The first-order valence-corrected chi connectivity index (χ1v) is 10.2. The zero-order chi connectivity index (χ0) is 20.1. The number of benzene rings is 2. The van der Waals surface area contributed by atoms with Gasteiger partial charge in [-0.15, -0.1) is 0 Å². The molecule has 6 nitrogen and oxygen atoms in total. The SMILES string of the molecule is O=C(OCC(=O)N(Cc1ccccc1)[C@@H]1C=CS(=O)(=O)C1)c1cccc(F)c1. The topological polar surface area (TPSA) is 80.8 Å². The number of hydrogen-bond donors (Lipinski definition) is 0. The van der Waals surface area contributed by atoms with Crippen molar-refractivity contribution < 1.29 is 27.1 Å². The molecule has 2 aromatic carbocycles. The summed E-state index contributed by atoms with van der Waals surface area (Å²) in [4.78, 5) is 26.1. The van der Waals surface area contributed by atoms with E-state index in [-0.39, 0.29) is 17.9 Å². The third-order valence-electron chi connectivity index (χ3n) is 4.21. The van der Waals surface area contributed by atoms with Gasteiger partial charge in [-0.25, -0.2) is 17.6 Å². The number of sulfone groups is 1. The fourth-order valence-corrected chi connectivity index (χ4v) is 4.13. The van der Waals surface area contributed by atoms with Crippen LogP contribution in [0.5, 0.6) is 0 Å². The highest BCUT2D eigenvalue weighted by atomic mass is 32.2. The van der Waals surface area contributed by atoms with Crippen LogP contribution in [0.1, 0.15) is 15.9 Å². The molecule has 1 atom stereocenters. The van der Waals surface area contributed by atoms with E-state index in [1.54, 1.807) is 0 Å². The normalized spacial score (nSPS) is 17.2. The Morgan fingerprint density at radius 3 is 2.50 bits per heavy atom. The van der Waals surface area contributed by atoms with Gasteiger partial charge >= 0.3 is 5.97 Å². The predicted molar refractivity (Wildman–Crippen MR) is 100 cm³/mol. The molecular weight excluding hydrogens is 385 g/mol. The Hall–Kier alpha value is -3.00. The molecule has 0 spiro atoms. The molecule has 0 aromatic heterocycles. The summed E-state index contributed by atoms with van der Waals surface area (Å²) in [6.07, 6.45) is 1.45. The Morgan fingerprint density at radius 1 is 1.11 bits per heavy atom. The van der Waals surface area contributed by atoms with Gasteiger partial charge < -0.3 is 9.64 Å². The molecule has 0 saturated heterocycles. The van der Waals surface area contributed by atoms with Crippen LogP contribution in [0.2, 0.25) is 0 Å². The van der Waals surface area contributed by atoms with Crippen LogP contribution >= 0.6 is 0 Å². The zero-order valence-corrected chi connectivity index (χ0v) is 15.6. The molecule has 1 aliphatic rings. The molecule has 1 aliphatic heterocycles. The Bertz CT molecular complexity index is 1000. The summed E-state index contributed by atoms with van der Waals surface area (Å²) in [7, 11) is -3.37. The Balaban J connectivity index is 1.71. The van der Waals surface area contributed by atoms with Gasteiger partial charge in [0.2, 0.25) is 0 Å². The molecule has 0 fully saturated rings. The van der Waals surface area contributed by atoms with Crippen LogP contribution in [0.15, 0.2) is 66.1 Å². The zero-order valence-electron chi connectivity index (χ0n) is 14.8. The third-order valence-corrected chi connectivity index (χ3v) is 5.59. The lowest BCUT2D eigenvalue weighted by Crippen LogP contribution is -2.42. The number of hydrogen-bond acceptors (Lipinski definition) is 5. The number of halogens is 1. The first-order chi connectivity index (χ1) is 13.3. The Labute approximate surface area is 162 Å². The van der Waals surface area contributed by atoms with E-state index in [9.17, 15) is 22.4 Å². The fraction of sp³-hybridized carbons (Fsp3) is 0.200. The Morgan fingerprint density at radius 2 is 1.86 bits per heavy atom. The molecule has 0 radical (unpaired) electrons. The van der Waals surface area contributed by atoms with E-state index in [1.165, 1.54) is 29.2 Å². The summed E-state index contributed by atoms with van der Waals surface area (Å²) in [5.74, 6) is -2.18. The van der Waals surface area contributed by atoms with Crippen molar-refractivity contribution >= 4 is 21.7 Å². The van der Waals surface area contributed by atoms with E-state index < -0.39 is 40.2 Å². The molecule has 28 heavy (non-hydrogen) atoms. The minimum absolute atomic E-state index is 0.00857. The van der Waals surface area contributed by atoms with Gasteiger partial charge in [-0.2, -0.15) is 0 Å². The molecule has 8 heteroatoms. The van der Waals surface area contributed by atoms with Gasteiger partial charge in [-0.05, 0) is 29.8 Å². The van der Waals surface area contributed by atoms with Crippen molar-refractivity contribution in [1.82, 2.24) is 4.90 Å². The highest BCUT2D eigenvalue weighted by molar-refractivity contribution is 7.94. The van der Waals surface area contributed by atoms with Crippen molar-refractivity contribution in [1.29, 1.82) is 0 Å². The minimum atomic E-state index is -3.37. The van der Waals surface area contributed by atoms with Crippen molar-refractivity contribution in [3.8, 4) is 0 Å². The van der Waals surface area contributed by atoms with Gasteiger partial charge in [0.1, 0.15) is 5.82 Å². The second-order valence-electron chi connectivity index (χ2n) is 6.32. The van der Waals surface area contributed by atoms with Crippen LogP contribution < -0.4 is 0 Å². The molecule has 1 amide bonds. The maximum absolute atomic E-state index is 13.2. The largest absolute Gasteiger partial charge is 0.452 e. The van der Waals surface area contributed by atoms with Crippen molar-refractivity contribution in [3.05, 3.63) is 83.0 Å². The highest BCUT2D eigenvalue weighted by Gasteiger charge is 2.30. The molecule has 1 heterocycles. The smallest absolute Gasteiger partial charge is 0.338 e.